The molecular weight excluding hydrogens is 252 g/mol. The second-order valence-electron chi connectivity index (χ2n) is 6.25. The molecule has 1 aromatic rings. The highest BCUT2D eigenvalue weighted by atomic mass is 16.5. The standard InChI is InChI=1S/C15H22N4O/c16-4-6-17-13-1-5-18-14-12(13)9-15(20-14)10-19-7-2-11(15)3-8-19/h1,5,11H,2-4,6-10,16H2,(H,17,18). The van der Waals surface area contributed by atoms with Crippen molar-refractivity contribution < 1.29 is 4.74 Å². The summed E-state index contributed by atoms with van der Waals surface area (Å²) in [4.78, 5) is 6.99. The zero-order valence-electron chi connectivity index (χ0n) is 11.8. The smallest absolute Gasteiger partial charge is 0.219 e. The van der Waals surface area contributed by atoms with Gasteiger partial charge in [0.2, 0.25) is 5.88 Å². The van der Waals surface area contributed by atoms with Gasteiger partial charge in [-0.2, -0.15) is 0 Å². The zero-order valence-corrected chi connectivity index (χ0v) is 11.8. The van der Waals surface area contributed by atoms with Crippen LogP contribution in [0.25, 0.3) is 0 Å². The van der Waals surface area contributed by atoms with Crippen molar-refractivity contribution in [2.24, 2.45) is 11.7 Å². The summed E-state index contributed by atoms with van der Waals surface area (Å²) < 4.78 is 6.37. The van der Waals surface area contributed by atoms with Gasteiger partial charge in [0, 0.05) is 49.4 Å². The van der Waals surface area contributed by atoms with Crippen LogP contribution in [0.2, 0.25) is 0 Å². The third-order valence-corrected chi connectivity index (χ3v) is 5.07. The monoisotopic (exact) mass is 274 g/mol. The average molecular weight is 274 g/mol. The van der Waals surface area contributed by atoms with E-state index >= 15 is 0 Å². The second kappa shape index (κ2) is 4.60. The summed E-state index contributed by atoms with van der Waals surface area (Å²) in [6, 6.07) is 2.04. The number of aromatic nitrogens is 1. The van der Waals surface area contributed by atoms with Crippen LogP contribution in [-0.4, -0.2) is 48.2 Å². The number of nitrogens with one attached hydrogen (secondary N) is 1. The van der Waals surface area contributed by atoms with E-state index in [1.807, 2.05) is 12.3 Å². The number of pyridine rings is 1. The fraction of sp³-hybridized carbons (Fsp3) is 0.667. The summed E-state index contributed by atoms with van der Waals surface area (Å²) in [6.07, 6.45) is 5.35. The van der Waals surface area contributed by atoms with Crippen molar-refractivity contribution >= 4 is 5.69 Å². The summed E-state index contributed by atoms with van der Waals surface area (Å²) in [5.41, 5.74) is 7.96. The van der Waals surface area contributed by atoms with Crippen molar-refractivity contribution in [2.45, 2.75) is 24.9 Å². The van der Waals surface area contributed by atoms with Crippen molar-refractivity contribution in [1.82, 2.24) is 9.88 Å². The highest BCUT2D eigenvalue weighted by Gasteiger charge is 2.52. The summed E-state index contributed by atoms with van der Waals surface area (Å²) in [7, 11) is 0. The first-order chi connectivity index (χ1) is 9.81. The molecule has 4 aliphatic rings. The Balaban J connectivity index is 1.63. The Morgan fingerprint density at radius 3 is 3.00 bits per heavy atom. The summed E-state index contributed by atoms with van der Waals surface area (Å²) in [6.45, 7) is 4.96. The van der Waals surface area contributed by atoms with Gasteiger partial charge in [0.25, 0.3) is 0 Å². The molecule has 0 radical (unpaired) electrons. The molecule has 5 rings (SSSR count). The van der Waals surface area contributed by atoms with Gasteiger partial charge in [-0.15, -0.1) is 0 Å². The number of hydrogen-bond donors (Lipinski definition) is 2. The van der Waals surface area contributed by atoms with E-state index in [0.29, 0.717) is 12.5 Å². The van der Waals surface area contributed by atoms with Gasteiger partial charge in [0.05, 0.1) is 0 Å². The Hall–Kier alpha value is -1.33. The molecular formula is C15H22N4O. The van der Waals surface area contributed by atoms with Crippen LogP contribution < -0.4 is 15.8 Å². The molecule has 0 saturated carbocycles. The Labute approximate surface area is 119 Å². The molecule has 1 aromatic heterocycles. The maximum absolute atomic E-state index is 6.37. The van der Waals surface area contributed by atoms with Gasteiger partial charge in [-0.25, -0.2) is 4.98 Å². The molecule has 3 N–H and O–H groups in total. The maximum Gasteiger partial charge on any atom is 0.219 e. The summed E-state index contributed by atoms with van der Waals surface area (Å²) in [5, 5.41) is 3.40. The molecule has 108 valence electrons. The molecule has 4 aliphatic heterocycles. The lowest BCUT2D eigenvalue weighted by molar-refractivity contribution is -0.0814. The molecule has 1 spiro atoms. The van der Waals surface area contributed by atoms with Crippen LogP contribution in [0.5, 0.6) is 5.88 Å². The van der Waals surface area contributed by atoms with Gasteiger partial charge < -0.3 is 15.8 Å². The number of rotatable bonds is 3. The minimum Gasteiger partial charge on any atom is -0.469 e. The van der Waals surface area contributed by atoms with Crippen LogP contribution in [-0.2, 0) is 6.42 Å². The van der Waals surface area contributed by atoms with Crippen LogP contribution >= 0.6 is 0 Å². The minimum atomic E-state index is -0.0215. The Morgan fingerprint density at radius 2 is 2.30 bits per heavy atom. The summed E-state index contributed by atoms with van der Waals surface area (Å²) in [5.74, 6) is 1.52. The Kier molecular flexibility index (Phi) is 2.86. The molecule has 5 heterocycles. The Bertz CT molecular complexity index is 513. The van der Waals surface area contributed by atoms with Crippen molar-refractivity contribution in [3.8, 4) is 5.88 Å². The predicted octanol–water partition coefficient (Wildman–Crippen LogP) is 0.851. The van der Waals surface area contributed by atoms with E-state index in [0.717, 1.165) is 31.1 Å². The van der Waals surface area contributed by atoms with Gasteiger partial charge in [-0.1, -0.05) is 0 Å². The average Bonchev–Trinajstić information content (AvgIpc) is 2.84. The first kappa shape index (κ1) is 12.4. The van der Waals surface area contributed by atoms with E-state index in [1.54, 1.807) is 0 Å². The van der Waals surface area contributed by atoms with Crippen LogP contribution in [0.15, 0.2) is 12.3 Å². The van der Waals surface area contributed by atoms with Crippen LogP contribution in [0.4, 0.5) is 5.69 Å². The van der Waals surface area contributed by atoms with Gasteiger partial charge in [0.15, 0.2) is 0 Å². The molecule has 0 amide bonds. The highest BCUT2D eigenvalue weighted by Crippen LogP contribution is 2.47. The normalized spacial score (nSPS) is 34.0. The van der Waals surface area contributed by atoms with E-state index < -0.39 is 0 Å². The largest absolute Gasteiger partial charge is 0.469 e. The number of piperidine rings is 3. The SMILES string of the molecule is NCCNc1ccnc2c1CC1(CN3CCC1CC3)O2. The second-order valence-corrected chi connectivity index (χ2v) is 6.25. The lowest BCUT2D eigenvalue weighted by atomic mass is 9.73. The lowest BCUT2D eigenvalue weighted by Gasteiger charge is -2.50. The van der Waals surface area contributed by atoms with E-state index in [4.69, 9.17) is 10.5 Å². The minimum absolute atomic E-state index is 0.0215. The fourth-order valence-corrected chi connectivity index (χ4v) is 4.07. The van der Waals surface area contributed by atoms with Crippen LogP contribution in [0, 0.1) is 5.92 Å². The topological polar surface area (TPSA) is 63.4 Å². The number of nitrogens with zero attached hydrogens (tertiary/aromatic N) is 2. The van der Waals surface area contributed by atoms with Crippen molar-refractivity contribution in [3.63, 3.8) is 0 Å². The first-order valence-electron chi connectivity index (χ1n) is 7.64. The van der Waals surface area contributed by atoms with E-state index in [-0.39, 0.29) is 5.60 Å². The number of nitrogens with two attached hydrogens (primary N) is 1. The Morgan fingerprint density at radius 1 is 1.45 bits per heavy atom. The van der Waals surface area contributed by atoms with Crippen molar-refractivity contribution in [1.29, 1.82) is 0 Å². The fourth-order valence-electron chi connectivity index (χ4n) is 4.07. The molecule has 3 fully saturated rings. The molecule has 5 heteroatoms. The molecule has 20 heavy (non-hydrogen) atoms. The van der Waals surface area contributed by atoms with Crippen LogP contribution in [0.3, 0.4) is 0 Å². The molecule has 3 saturated heterocycles. The highest BCUT2D eigenvalue weighted by molar-refractivity contribution is 5.57. The van der Waals surface area contributed by atoms with Crippen LogP contribution in [0.1, 0.15) is 18.4 Å². The van der Waals surface area contributed by atoms with E-state index in [1.165, 1.54) is 31.5 Å². The molecule has 5 nitrogen and oxygen atoms in total. The molecule has 1 unspecified atom stereocenters. The molecule has 1 atom stereocenters. The number of hydrogen-bond acceptors (Lipinski definition) is 5. The number of fused-ring (bicyclic) bond motifs is 3. The van der Waals surface area contributed by atoms with Crippen molar-refractivity contribution in [3.05, 3.63) is 17.8 Å². The predicted molar refractivity (Wildman–Crippen MR) is 78.0 cm³/mol. The van der Waals surface area contributed by atoms with Gasteiger partial charge in [-0.05, 0) is 32.0 Å². The van der Waals surface area contributed by atoms with Gasteiger partial charge in [-0.3, -0.25) is 4.90 Å². The zero-order chi connectivity index (χ0) is 13.6. The lowest BCUT2D eigenvalue weighted by Crippen LogP contribution is -2.61. The molecule has 0 aromatic carbocycles. The van der Waals surface area contributed by atoms with Crippen molar-refractivity contribution in [2.75, 3.05) is 38.0 Å². The number of anilines is 1. The van der Waals surface area contributed by atoms with E-state index in [2.05, 4.69) is 15.2 Å². The molecule has 0 aliphatic carbocycles. The van der Waals surface area contributed by atoms with Gasteiger partial charge in [0.1, 0.15) is 5.60 Å². The summed E-state index contributed by atoms with van der Waals surface area (Å²) >= 11 is 0. The quantitative estimate of drug-likeness (QED) is 0.855. The molecule has 2 bridgehead atoms. The third-order valence-electron chi connectivity index (χ3n) is 5.07. The third kappa shape index (κ3) is 1.80. The first-order valence-corrected chi connectivity index (χ1v) is 7.64. The van der Waals surface area contributed by atoms with Gasteiger partial charge >= 0.3 is 0 Å². The maximum atomic E-state index is 6.37. The van der Waals surface area contributed by atoms with E-state index in [9.17, 15) is 0 Å². The number of ether oxygens (including phenoxy) is 1.